The molecular weight excluding hydrogens is 254 g/mol. The standard InChI is InChI=1S/C15H15N3O2/c1-10-13(6-7-19-10)15-17-14(20-18-15)8-11-4-2-3-5-12(11)9-16/h2-7H,8-9,16H2,1H3. The van der Waals surface area contributed by atoms with Crippen molar-refractivity contribution in [1.29, 1.82) is 0 Å². The molecule has 0 fully saturated rings. The molecule has 0 aliphatic rings. The predicted molar refractivity (Wildman–Crippen MR) is 73.9 cm³/mol. The van der Waals surface area contributed by atoms with Gasteiger partial charge in [0.1, 0.15) is 5.76 Å². The van der Waals surface area contributed by atoms with E-state index in [9.17, 15) is 0 Å². The first-order chi connectivity index (χ1) is 9.78. The Bertz CT molecular complexity index is 715. The second-order valence-corrected chi connectivity index (χ2v) is 4.55. The van der Waals surface area contributed by atoms with Gasteiger partial charge in [-0.3, -0.25) is 0 Å². The molecule has 2 N–H and O–H groups in total. The van der Waals surface area contributed by atoms with E-state index in [0.717, 1.165) is 22.5 Å². The van der Waals surface area contributed by atoms with Crippen LogP contribution in [0, 0.1) is 6.92 Å². The molecule has 5 heteroatoms. The highest BCUT2D eigenvalue weighted by molar-refractivity contribution is 5.56. The summed E-state index contributed by atoms with van der Waals surface area (Å²) in [6.07, 6.45) is 2.20. The summed E-state index contributed by atoms with van der Waals surface area (Å²) < 4.78 is 10.5. The van der Waals surface area contributed by atoms with Gasteiger partial charge in [-0.15, -0.1) is 0 Å². The maximum atomic E-state index is 5.73. The van der Waals surface area contributed by atoms with Crippen molar-refractivity contribution in [3.63, 3.8) is 0 Å². The fourth-order valence-electron chi connectivity index (χ4n) is 2.15. The van der Waals surface area contributed by atoms with Gasteiger partial charge in [-0.25, -0.2) is 0 Å². The van der Waals surface area contributed by atoms with Crippen LogP contribution in [0.1, 0.15) is 22.8 Å². The smallest absolute Gasteiger partial charge is 0.231 e. The van der Waals surface area contributed by atoms with Crippen LogP contribution in [0.15, 0.2) is 45.5 Å². The number of hydrogen-bond donors (Lipinski definition) is 1. The SMILES string of the molecule is Cc1occc1-c1noc(Cc2ccccc2CN)n1. The number of nitrogens with zero attached hydrogens (tertiary/aromatic N) is 2. The number of rotatable bonds is 4. The zero-order chi connectivity index (χ0) is 13.9. The van der Waals surface area contributed by atoms with Crippen molar-refractivity contribution < 1.29 is 8.94 Å². The van der Waals surface area contributed by atoms with Crippen LogP contribution in [0.5, 0.6) is 0 Å². The third-order valence-electron chi connectivity index (χ3n) is 3.25. The fraction of sp³-hybridized carbons (Fsp3) is 0.200. The summed E-state index contributed by atoms with van der Waals surface area (Å²) in [4.78, 5) is 4.41. The summed E-state index contributed by atoms with van der Waals surface area (Å²) in [6.45, 7) is 2.37. The summed E-state index contributed by atoms with van der Waals surface area (Å²) in [5.74, 6) is 1.90. The largest absolute Gasteiger partial charge is 0.469 e. The van der Waals surface area contributed by atoms with Gasteiger partial charge in [-0.05, 0) is 24.1 Å². The van der Waals surface area contributed by atoms with Crippen LogP contribution in [-0.4, -0.2) is 10.1 Å². The minimum absolute atomic E-state index is 0.498. The van der Waals surface area contributed by atoms with Gasteiger partial charge in [0.2, 0.25) is 11.7 Å². The minimum atomic E-state index is 0.498. The second kappa shape index (κ2) is 5.30. The molecule has 0 saturated carbocycles. The normalized spacial score (nSPS) is 10.9. The van der Waals surface area contributed by atoms with E-state index >= 15 is 0 Å². The summed E-state index contributed by atoms with van der Waals surface area (Å²) >= 11 is 0. The highest BCUT2D eigenvalue weighted by Crippen LogP contribution is 2.22. The lowest BCUT2D eigenvalue weighted by Gasteiger charge is -2.03. The molecule has 20 heavy (non-hydrogen) atoms. The molecule has 0 radical (unpaired) electrons. The molecule has 0 aliphatic carbocycles. The average molecular weight is 269 g/mol. The summed E-state index contributed by atoms with van der Waals surface area (Å²) in [5, 5.41) is 3.99. The molecule has 0 spiro atoms. The fourth-order valence-corrected chi connectivity index (χ4v) is 2.15. The lowest BCUT2D eigenvalue weighted by atomic mass is 10.0. The van der Waals surface area contributed by atoms with Crippen LogP contribution in [0.25, 0.3) is 11.4 Å². The van der Waals surface area contributed by atoms with Crippen molar-refractivity contribution in [3.8, 4) is 11.4 Å². The Morgan fingerprint density at radius 1 is 1.15 bits per heavy atom. The third kappa shape index (κ3) is 2.35. The van der Waals surface area contributed by atoms with E-state index < -0.39 is 0 Å². The first-order valence-electron chi connectivity index (χ1n) is 6.42. The highest BCUT2D eigenvalue weighted by Gasteiger charge is 2.13. The zero-order valence-corrected chi connectivity index (χ0v) is 11.2. The van der Waals surface area contributed by atoms with Gasteiger partial charge in [0.25, 0.3) is 0 Å². The molecule has 3 aromatic rings. The average Bonchev–Trinajstić information content (AvgIpc) is 3.08. The highest BCUT2D eigenvalue weighted by atomic mass is 16.5. The molecule has 0 amide bonds. The van der Waals surface area contributed by atoms with E-state index in [0.29, 0.717) is 24.7 Å². The van der Waals surface area contributed by atoms with E-state index in [-0.39, 0.29) is 0 Å². The van der Waals surface area contributed by atoms with Crippen LogP contribution in [0.4, 0.5) is 0 Å². The van der Waals surface area contributed by atoms with Gasteiger partial charge in [0.15, 0.2) is 0 Å². The number of aromatic nitrogens is 2. The molecule has 2 heterocycles. The Morgan fingerprint density at radius 2 is 1.95 bits per heavy atom. The second-order valence-electron chi connectivity index (χ2n) is 4.55. The van der Waals surface area contributed by atoms with Crippen molar-refractivity contribution in [1.82, 2.24) is 10.1 Å². The summed E-state index contributed by atoms with van der Waals surface area (Å²) in [5.41, 5.74) is 8.78. The van der Waals surface area contributed by atoms with E-state index in [2.05, 4.69) is 10.1 Å². The molecule has 3 rings (SSSR count). The molecule has 0 saturated heterocycles. The number of benzene rings is 1. The zero-order valence-electron chi connectivity index (χ0n) is 11.2. The lowest BCUT2D eigenvalue weighted by Crippen LogP contribution is -2.02. The van der Waals surface area contributed by atoms with Crippen LogP contribution in [0.2, 0.25) is 0 Å². The Balaban J connectivity index is 1.86. The monoisotopic (exact) mass is 269 g/mol. The Kier molecular flexibility index (Phi) is 3.35. The van der Waals surface area contributed by atoms with Crippen molar-refractivity contribution in [2.75, 3.05) is 0 Å². The molecule has 0 atom stereocenters. The van der Waals surface area contributed by atoms with Gasteiger partial charge in [0.05, 0.1) is 18.2 Å². The van der Waals surface area contributed by atoms with Crippen molar-refractivity contribution in [3.05, 3.63) is 59.4 Å². The van der Waals surface area contributed by atoms with Gasteiger partial charge in [0, 0.05) is 6.54 Å². The Hall–Kier alpha value is -2.40. The van der Waals surface area contributed by atoms with Crippen LogP contribution in [-0.2, 0) is 13.0 Å². The Morgan fingerprint density at radius 3 is 2.65 bits per heavy atom. The Labute approximate surface area is 116 Å². The molecule has 0 unspecified atom stereocenters. The molecule has 1 aromatic carbocycles. The van der Waals surface area contributed by atoms with Gasteiger partial charge in [-0.1, -0.05) is 29.4 Å². The van der Waals surface area contributed by atoms with E-state index in [4.69, 9.17) is 14.7 Å². The quantitative estimate of drug-likeness (QED) is 0.787. The van der Waals surface area contributed by atoms with E-state index in [1.807, 2.05) is 37.3 Å². The molecule has 102 valence electrons. The van der Waals surface area contributed by atoms with Crippen molar-refractivity contribution in [2.24, 2.45) is 5.73 Å². The molecule has 0 bridgehead atoms. The van der Waals surface area contributed by atoms with Gasteiger partial charge >= 0.3 is 0 Å². The minimum Gasteiger partial charge on any atom is -0.469 e. The molecule has 0 aliphatic heterocycles. The van der Waals surface area contributed by atoms with E-state index in [1.54, 1.807) is 6.26 Å². The van der Waals surface area contributed by atoms with Crippen LogP contribution >= 0.6 is 0 Å². The van der Waals surface area contributed by atoms with Crippen LogP contribution in [0.3, 0.4) is 0 Å². The lowest BCUT2D eigenvalue weighted by molar-refractivity contribution is 0.385. The van der Waals surface area contributed by atoms with Gasteiger partial charge < -0.3 is 14.7 Å². The van der Waals surface area contributed by atoms with Gasteiger partial charge in [-0.2, -0.15) is 4.98 Å². The number of nitrogens with two attached hydrogens (primary N) is 1. The third-order valence-corrected chi connectivity index (χ3v) is 3.25. The number of furan rings is 1. The maximum Gasteiger partial charge on any atom is 0.231 e. The van der Waals surface area contributed by atoms with E-state index in [1.165, 1.54) is 0 Å². The maximum absolute atomic E-state index is 5.73. The van der Waals surface area contributed by atoms with Crippen molar-refractivity contribution >= 4 is 0 Å². The molecule has 5 nitrogen and oxygen atoms in total. The molecular formula is C15H15N3O2. The summed E-state index contributed by atoms with van der Waals surface area (Å²) in [6, 6.07) is 9.81. The van der Waals surface area contributed by atoms with Crippen molar-refractivity contribution in [2.45, 2.75) is 19.9 Å². The molecule has 2 aromatic heterocycles. The first-order valence-corrected chi connectivity index (χ1v) is 6.42. The van der Waals surface area contributed by atoms with Crippen LogP contribution < -0.4 is 5.73 Å². The summed E-state index contributed by atoms with van der Waals surface area (Å²) in [7, 11) is 0. The number of aryl methyl sites for hydroxylation is 1. The first kappa shape index (κ1) is 12.6. The topological polar surface area (TPSA) is 78.1 Å². The number of hydrogen-bond acceptors (Lipinski definition) is 5. The predicted octanol–water partition coefficient (Wildman–Crippen LogP) is 2.69.